The van der Waals surface area contributed by atoms with Gasteiger partial charge in [-0.05, 0) is 37.0 Å². The number of aliphatic imine (C=N–C) groups is 1. The predicted octanol–water partition coefficient (Wildman–Crippen LogP) is 2.52. The third kappa shape index (κ3) is 5.00. The average Bonchev–Trinajstić information content (AvgIpc) is 2.83. The molecule has 0 saturated carbocycles. The number of rotatable bonds is 3. The molecule has 122 valence electrons. The molecular formula is C16H26IN5. The highest BCUT2D eigenvalue weighted by Crippen LogP contribution is 2.18. The van der Waals surface area contributed by atoms with Crippen LogP contribution in [0.25, 0.3) is 0 Å². The number of halogens is 1. The highest BCUT2D eigenvalue weighted by atomic mass is 127. The van der Waals surface area contributed by atoms with E-state index in [4.69, 9.17) is 0 Å². The zero-order valence-electron chi connectivity index (χ0n) is 13.1. The van der Waals surface area contributed by atoms with Crippen molar-refractivity contribution < 1.29 is 0 Å². The smallest absolute Gasteiger partial charge is 0.191 e. The van der Waals surface area contributed by atoms with Crippen LogP contribution in [0.1, 0.15) is 37.7 Å². The molecule has 6 heteroatoms. The molecule has 2 aliphatic heterocycles. The van der Waals surface area contributed by atoms with Gasteiger partial charge in [-0.1, -0.05) is 12.8 Å². The third-order valence-electron chi connectivity index (χ3n) is 4.10. The fourth-order valence-electron chi connectivity index (χ4n) is 2.88. The van der Waals surface area contributed by atoms with Crippen molar-refractivity contribution in [2.45, 2.75) is 38.6 Å². The van der Waals surface area contributed by atoms with Crippen LogP contribution in [0.4, 0.5) is 5.82 Å². The maximum absolute atomic E-state index is 4.55. The second kappa shape index (κ2) is 9.17. The minimum atomic E-state index is 0. The number of pyridine rings is 1. The van der Waals surface area contributed by atoms with Crippen LogP contribution >= 0.6 is 24.0 Å². The maximum atomic E-state index is 4.55. The molecule has 3 heterocycles. The molecule has 2 N–H and O–H groups in total. The number of anilines is 1. The van der Waals surface area contributed by atoms with Crippen LogP contribution in [0, 0.1) is 0 Å². The largest absolute Gasteiger partial charge is 0.357 e. The van der Waals surface area contributed by atoms with E-state index in [2.05, 4.69) is 37.6 Å². The van der Waals surface area contributed by atoms with E-state index in [1.165, 1.54) is 31.2 Å². The quantitative estimate of drug-likeness (QED) is 0.746. The zero-order chi connectivity index (χ0) is 14.3. The Morgan fingerprint density at radius 3 is 2.68 bits per heavy atom. The van der Waals surface area contributed by atoms with E-state index >= 15 is 0 Å². The third-order valence-corrected chi connectivity index (χ3v) is 4.10. The molecule has 1 aromatic rings. The van der Waals surface area contributed by atoms with E-state index in [1.807, 2.05) is 6.20 Å². The SMILES string of the molecule is I.c1cc(CNC2=NCCCN2)cc(N2CCCCCC2)n1. The summed E-state index contributed by atoms with van der Waals surface area (Å²) in [6.45, 7) is 5.01. The van der Waals surface area contributed by atoms with Gasteiger partial charge in [-0.25, -0.2) is 4.98 Å². The number of hydrogen-bond acceptors (Lipinski definition) is 5. The Balaban J connectivity index is 0.00000176. The molecule has 2 aliphatic rings. The van der Waals surface area contributed by atoms with Crippen molar-refractivity contribution in [3.63, 3.8) is 0 Å². The van der Waals surface area contributed by atoms with Crippen LogP contribution in [0.5, 0.6) is 0 Å². The first-order valence-electron chi connectivity index (χ1n) is 8.14. The van der Waals surface area contributed by atoms with Crippen molar-refractivity contribution in [2.24, 2.45) is 4.99 Å². The van der Waals surface area contributed by atoms with Gasteiger partial charge in [0, 0.05) is 38.9 Å². The van der Waals surface area contributed by atoms with Gasteiger partial charge in [-0.3, -0.25) is 4.99 Å². The van der Waals surface area contributed by atoms with Crippen LogP contribution in [0.15, 0.2) is 23.3 Å². The van der Waals surface area contributed by atoms with Crippen LogP contribution in [0.3, 0.4) is 0 Å². The Morgan fingerprint density at radius 1 is 1.14 bits per heavy atom. The maximum Gasteiger partial charge on any atom is 0.191 e. The molecule has 1 fully saturated rings. The Hall–Kier alpha value is -1.05. The summed E-state index contributed by atoms with van der Waals surface area (Å²) in [7, 11) is 0. The van der Waals surface area contributed by atoms with Gasteiger partial charge < -0.3 is 15.5 Å². The summed E-state index contributed by atoms with van der Waals surface area (Å²) in [4.78, 5) is 11.4. The van der Waals surface area contributed by atoms with E-state index in [0.717, 1.165) is 50.9 Å². The van der Waals surface area contributed by atoms with Gasteiger partial charge in [0.2, 0.25) is 0 Å². The number of hydrogen-bond donors (Lipinski definition) is 2. The zero-order valence-corrected chi connectivity index (χ0v) is 15.4. The Bertz CT molecular complexity index is 483. The van der Waals surface area contributed by atoms with E-state index in [-0.39, 0.29) is 24.0 Å². The summed E-state index contributed by atoms with van der Waals surface area (Å²) < 4.78 is 0. The van der Waals surface area contributed by atoms with Crippen molar-refractivity contribution in [1.82, 2.24) is 15.6 Å². The number of nitrogens with one attached hydrogen (secondary N) is 2. The molecular weight excluding hydrogens is 389 g/mol. The lowest BCUT2D eigenvalue weighted by Gasteiger charge is -2.22. The van der Waals surface area contributed by atoms with Crippen LogP contribution in [-0.2, 0) is 6.54 Å². The Kier molecular flexibility index (Phi) is 7.21. The van der Waals surface area contributed by atoms with Crippen molar-refractivity contribution in [2.75, 3.05) is 31.1 Å². The summed E-state index contributed by atoms with van der Waals surface area (Å²) in [5.41, 5.74) is 1.26. The molecule has 5 nitrogen and oxygen atoms in total. The summed E-state index contributed by atoms with van der Waals surface area (Å²) in [5.74, 6) is 2.05. The summed E-state index contributed by atoms with van der Waals surface area (Å²) in [6.07, 6.45) is 8.31. The average molecular weight is 415 g/mol. The van der Waals surface area contributed by atoms with Gasteiger partial charge in [-0.2, -0.15) is 0 Å². The van der Waals surface area contributed by atoms with Crippen molar-refractivity contribution in [3.8, 4) is 0 Å². The molecule has 0 aliphatic carbocycles. The standard InChI is InChI=1S/C16H25N5.HI/c1-2-4-11-21(10-3-1)15-12-14(6-9-17-15)13-20-16-18-7-5-8-19-16;/h6,9,12H,1-5,7-8,10-11,13H2,(H2,18,19,20);1H. The van der Waals surface area contributed by atoms with Gasteiger partial charge >= 0.3 is 0 Å². The van der Waals surface area contributed by atoms with Gasteiger partial charge in [0.1, 0.15) is 5.82 Å². The summed E-state index contributed by atoms with van der Waals surface area (Å²) >= 11 is 0. The van der Waals surface area contributed by atoms with Crippen LogP contribution < -0.4 is 15.5 Å². The minimum Gasteiger partial charge on any atom is -0.357 e. The lowest BCUT2D eigenvalue weighted by atomic mass is 10.2. The minimum absolute atomic E-state index is 0. The van der Waals surface area contributed by atoms with Crippen molar-refractivity contribution in [3.05, 3.63) is 23.9 Å². The highest BCUT2D eigenvalue weighted by Gasteiger charge is 2.11. The van der Waals surface area contributed by atoms with Gasteiger partial charge in [-0.15, -0.1) is 24.0 Å². The van der Waals surface area contributed by atoms with Gasteiger partial charge in [0.25, 0.3) is 0 Å². The molecule has 1 saturated heterocycles. The molecule has 0 bridgehead atoms. The second-order valence-electron chi connectivity index (χ2n) is 5.79. The second-order valence-corrected chi connectivity index (χ2v) is 5.79. The van der Waals surface area contributed by atoms with Gasteiger partial charge in [0.05, 0.1) is 0 Å². The molecule has 3 rings (SSSR count). The van der Waals surface area contributed by atoms with E-state index < -0.39 is 0 Å². The predicted molar refractivity (Wildman–Crippen MR) is 102 cm³/mol. The molecule has 0 radical (unpaired) electrons. The summed E-state index contributed by atoms with van der Waals surface area (Å²) in [5, 5.41) is 6.66. The Labute approximate surface area is 150 Å². The Morgan fingerprint density at radius 2 is 1.95 bits per heavy atom. The first-order valence-corrected chi connectivity index (χ1v) is 8.14. The van der Waals surface area contributed by atoms with Crippen molar-refractivity contribution in [1.29, 1.82) is 0 Å². The molecule has 0 aromatic carbocycles. The first kappa shape index (κ1) is 17.3. The lowest BCUT2D eigenvalue weighted by molar-refractivity contribution is 0.701. The number of guanidine groups is 1. The molecule has 0 unspecified atom stereocenters. The fourth-order valence-corrected chi connectivity index (χ4v) is 2.88. The first-order chi connectivity index (χ1) is 10.4. The van der Waals surface area contributed by atoms with Crippen molar-refractivity contribution >= 4 is 35.8 Å². The number of aromatic nitrogens is 1. The van der Waals surface area contributed by atoms with E-state index in [1.54, 1.807) is 0 Å². The fraction of sp³-hybridized carbons (Fsp3) is 0.625. The monoisotopic (exact) mass is 415 g/mol. The lowest BCUT2D eigenvalue weighted by Crippen LogP contribution is -2.40. The molecule has 1 aromatic heterocycles. The van der Waals surface area contributed by atoms with E-state index in [0.29, 0.717) is 0 Å². The normalized spacial score (nSPS) is 18.5. The molecule has 0 atom stereocenters. The highest BCUT2D eigenvalue weighted by molar-refractivity contribution is 14.0. The van der Waals surface area contributed by atoms with Crippen LogP contribution in [-0.4, -0.2) is 37.1 Å². The molecule has 0 spiro atoms. The van der Waals surface area contributed by atoms with Crippen LogP contribution in [0.2, 0.25) is 0 Å². The number of nitrogens with zero attached hydrogens (tertiary/aromatic N) is 3. The topological polar surface area (TPSA) is 52.6 Å². The van der Waals surface area contributed by atoms with E-state index in [9.17, 15) is 0 Å². The van der Waals surface area contributed by atoms with Gasteiger partial charge in [0.15, 0.2) is 5.96 Å². The summed E-state index contributed by atoms with van der Waals surface area (Å²) in [6, 6.07) is 4.29. The molecule has 0 amide bonds. The molecule has 22 heavy (non-hydrogen) atoms.